The van der Waals surface area contributed by atoms with Crippen molar-refractivity contribution in [3.63, 3.8) is 0 Å². The van der Waals surface area contributed by atoms with Crippen LogP contribution in [0.3, 0.4) is 0 Å². The highest BCUT2D eigenvalue weighted by atomic mass is 32.2. The molecule has 1 aromatic heterocycles. The molecular formula is C12H25N3O2S2Si. The van der Waals surface area contributed by atoms with E-state index in [9.17, 15) is 9.32 Å². The van der Waals surface area contributed by atoms with Gasteiger partial charge in [0.2, 0.25) is 0 Å². The fourth-order valence-electron chi connectivity index (χ4n) is 1.24. The van der Waals surface area contributed by atoms with Crippen LogP contribution in [0.25, 0.3) is 0 Å². The van der Waals surface area contributed by atoms with E-state index in [4.69, 9.17) is 4.78 Å². The zero-order valence-corrected chi connectivity index (χ0v) is 15.8. The molecule has 1 heterocycles. The van der Waals surface area contributed by atoms with E-state index in [0.29, 0.717) is 9.22 Å². The minimum absolute atomic E-state index is 0.0134. The van der Waals surface area contributed by atoms with Crippen LogP contribution in [0, 0.1) is 4.78 Å². The third kappa shape index (κ3) is 3.88. The average Bonchev–Trinajstić information content (AvgIpc) is 2.61. The molecule has 1 unspecified atom stereocenters. The first-order chi connectivity index (χ1) is 8.67. The summed E-state index contributed by atoms with van der Waals surface area (Å²) in [5, 5.41) is 10.4. The Morgan fingerprint density at radius 2 is 1.85 bits per heavy atom. The van der Waals surface area contributed by atoms with Crippen molar-refractivity contribution in [2.45, 2.75) is 62.6 Å². The molecule has 0 fully saturated rings. The van der Waals surface area contributed by atoms with Crippen LogP contribution >= 0.6 is 11.3 Å². The maximum atomic E-state index is 12.7. The number of nitrogens with one attached hydrogen (secondary N) is 2. The number of rotatable bonds is 4. The number of aliphatic hydroxyl groups is 1. The largest absolute Gasteiger partial charge is 0.383 e. The summed E-state index contributed by atoms with van der Waals surface area (Å²) in [7, 11) is -5.14. The highest BCUT2D eigenvalue weighted by Crippen LogP contribution is 2.36. The maximum Gasteiger partial charge on any atom is 0.140 e. The van der Waals surface area contributed by atoms with Gasteiger partial charge >= 0.3 is 0 Å². The summed E-state index contributed by atoms with van der Waals surface area (Å²) in [5.41, 5.74) is -1.07. The fraction of sp³-hybridized carbons (Fsp3) is 0.750. The van der Waals surface area contributed by atoms with Crippen molar-refractivity contribution in [1.82, 2.24) is 9.37 Å². The van der Waals surface area contributed by atoms with Crippen molar-refractivity contribution in [3.8, 4) is 0 Å². The van der Waals surface area contributed by atoms with Gasteiger partial charge < -0.3 is 5.11 Å². The number of hydrogen-bond donors (Lipinski definition) is 3. The van der Waals surface area contributed by atoms with Gasteiger partial charge in [0.15, 0.2) is 0 Å². The maximum absolute atomic E-state index is 12.7. The molecule has 1 rings (SSSR count). The highest BCUT2D eigenvalue weighted by molar-refractivity contribution is 7.94. The summed E-state index contributed by atoms with van der Waals surface area (Å²) < 4.78 is 24.3. The predicted molar refractivity (Wildman–Crippen MR) is 86.8 cm³/mol. The Labute approximate surface area is 127 Å². The van der Waals surface area contributed by atoms with Crippen molar-refractivity contribution < 1.29 is 9.32 Å². The highest BCUT2D eigenvalue weighted by Gasteiger charge is 2.39. The summed E-state index contributed by atoms with van der Waals surface area (Å²) >= 11 is 1.13. The Balaban J connectivity index is 3.10. The Bertz CT molecular complexity index is 581. The van der Waals surface area contributed by atoms with Crippen LogP contribution < -0.4 is 4.39 Å². The summed E-state index contributed by atoms with van der Waals surface area (Å²) in [4.78, 5) is 4.09. The Morgan fingerprint density at radius 1 is 1.35 bits per heavy atom. The Hall–Kier alpha value is -0.283. The van der Waals surface area contributed by atoms with Crippen molar-refractivity contribution in [1.29, 1.82) is 4.78 Å². The van der Waals surface area contributed by atoms with Crippen molar-refractivity contribution >= 4 is 29.5 Å². The molecule has 8 heteroatoms. The van der Waals surface area contributed by atoms with Gasteiger partial charge in [0.25, 0.3) is 0 Å². The normalized spacial score (nSPS) is 17.0. The molecule has 0 amide bonds. The summed E-state index contributed by atoms with van der Waals surface area (Å²) in [6.07, 6.45) is 1.44. The molecule has 5 nitrogen and oxygen atoms in total. The fourth-order valence-corrected chi connectivity index (χ4v) is 7.67. The van der Waals surface area contributed by atoms with E-state index >= 15 is 0 Å². The summed E-state index contributed by atoms with van der Waals surface area (Å²) in [6, 6.07) is 0. The first kappa shape index (κ1) is 17.8. The first-order valence-corrected chi connectivity index (χ1v) is 11.8. The molecule has 0 aliphatic rings. The standard InChI is InChI=1S/C12H25N3O2S2Si/c1-11(2,3)20(6,7)15-19(13,17)9-8-14-10(18-9)12(4,5)16/h8,16H,1-7H3,(H2,13,15,17). The molecule has 0 aliphatic heterocycles. The molecule has 116 valence electrons. The minimum Gasteiger partial charge on any atom is -0.383 e. The van der Waals surface area contributed by atoms with Gasteiger partial charge in [-0.2, -0.15) is 0 Å². The number of thiazole rings is 1. The van der Waals surface area contributed by atoms with Crippen LogP contribution in [0.15, 0.2) is 10.4 Å². The topological polar surface area (TPSA) is 86.1 Å². The molecule has 1 aromatic rings. The SMILES string of the molecule is CC(C)(O)c1ncc(S(=N)(=O)N[Si](C)(C)C(C)(C)C)s1. The lowest BCUT2D eigenvalue weighted by atomic mass is 10.2. The van der Waals surface area contributed by atoms with E-state index in [-0.39, 0.29) is 5.04 Å². The van der Waals surface area contributed by atoms with E-state index in [1.165, 1.54) is 6.20 Å². The van der Waals surface area contributed by atoms with Gasteiger partial charge in [-0.25, -0.2) is 18.4 Å². The molecule has 0 spiro atoms. The summed E-state index contributed by atoms with van der Waals surface area (Å²) in [6.45, 7) is 13.7. The van der Waals surface area contributed by atoms with Gasteiger partial charge in [-0.3, -0.25) is 0 Å². The quantitative estimate of drug-likeness (QED) is 0.738. The Kier molecular flexibility index (Phi) is 4.59. The molecule has 0 aliphatic carbocycles. The molecule has 0 bridgehead atoms. The molecule has 0 aromatic carbocycles. The molecule has 20 heavy (non-hydrogen) atoms. The monoisotopic (exact) mass is 335 g/mol. The molecule has 1 atom stereocenters. The lowest BCUT2D eigenvalue weighted by molar-refractivity contribution is 0.0783. The van der Waals surface area contributed by atoms with E-state index in [0.717, 1.165) is 11.3 Å². The van der Waals surface area contributed by atoms with Gasteiger partial charge in [0, 0.05) is 0 Å². The average molecular weight is 336 g/mol. The van der Waals surface area contributed by atoms with E-state index < -0.39 is 23.8 Å². The second-order valence-corrected chi connectivity index (χ2v) is 15.5. The van der Waals surface area contributed by atoms with Gasteiger partial charge in [0.1, 0.15) is 33.0 Å². The number of nitrogens with zero attached hydrogens (tertiary/aromatic N) is 1. The first-order valence-electron chi connectivity index (χ1n) is 6.43. The van der Waals surface area contributed by atoms with Crippen molar-refractivity contribution in [3.05, 3.63) is 11.2 Å². The van der Waals surface area contributed by atoms with E-state index in [1.807, 2.05) is 0 Å². The van der Waals surface area contributed by atoms with Gasteiger partial charge in [0.05, 0.1) is 6.20 Å². The van der Waals surface area contributed by atoms with E-state index in [2.05, 4.69) is 43.2 Å². The van der Waals surface area contributed by atoms with Gasteiger partial charge in [-0.15, -0.1) is 11.3 Å². The number of hydrogen-bond acceptors (Lipinski definition) is 5. The third-order valence-corrected chi connectivity index (χ3v) is 13.2. The molecular weight excluding hydrogens is 310 g/mol. The van der Waals surface area contributed by atoms with Crippen LogP contribution in [-0.2, 0) is 15.5 Å². The predicted octanol–water partition coefficient (Wildman–Crippen LogP) is 3.29. The third-order valence-electron chi connectivity index (χ3n) is 3.57. The van der Waals surface area contributed by atoms with E-state index in [1.54, 1.807) is 13.8 Å². The van der Waals surface area contributed by atoms with Crippen LogP contribution in [0.1, 0.15) is 39.6 Å². The van der Waals surface area contributed by atoms with Crippen molar-refractivity contribution in [2.24, 2.45) is 0 Å². The van der Waals surface area contributed by atoms with Crippen molar-refractivity contribution in [2.75, 3.05) is 0 Å². The number of aromatic nitrogens is 1. The lowest BCUT2D eigenvalue weighted by Crippen LogP contribution is -2.53. The molecule has 3 N–H and O–H groups in total. The molecule has 0 radical (unpaired) electrons. The van der Waals surface area contributed by atoms with Crippen LogP contribution in [-0.4, -0.2) is 22.5 Å². The Morgan fingerprint density at radius 3 is 2.20 bits per heavy atom. The lowest BCUT2D eigenvalue weighted by Gasteiger charge is -2.37. The smallest absolute Gasteiger partial charge is 0.140 e. The molecule has 0 saturated heterocycles. The van der Waals surface area contributed by atoms with Gasteiger partial charge in [-0.1, -0.05) is 33.9 Å². The second-order valence-electron chi connectivity index (χ2n) is 7.08. The summed E-state index contributed by atoms with van der Waals surface area (Å²) in [5.74, 6) is 0. The van der Waals surface area contributed by atoms with Crippen LogP contribution in [0.5, 0.6) is 0 Å². The zero-order valence-electron chi connectivity index (χ0n) is 13.2. The second kappa shape index (κ2) is 5.17. The minimum atomic E-state index is -3.08. The zero-order chi connectivity index (χ0) is 16.0. The van der Waals surface area contributed by atoms with Gasteiger partial charge in [-0.05, 0) is 18.9 Å². The molecule has 0 saturated carbocycles. The van der Waals surface area contributed by atoms with Crippen LogP contribution in [0.2, 0.25) is 18.1 Å². The van der Waals surface area contributed by atoms with Crippen LogP contribution in [0.4, 0.5) is 0 Å².